The number of aromatic nitrogens is 3. The average molecular weight is 563 g/mol. The summed E-state index contributed by atoms with van der Waals surface area (Å²) in [4.78, 5) is 26.8. The Labute approximate surface area is 209 Å². The zero-order chi connectivity index (χ0) is 27.9. The van der Waals surface area contributed by atoms with Gasteiger partial charge in [-0.2, -0.15) is 26.3 Å². The number of piperidine rings is 1. The van der Waals surface area contributed by atoms with Gasteiger partial charge in [-0.3, -0.25) is 4.90 Å². The molecule has 1 unspecified atom stereocenters. The molecule has 18 heteroatoms. The summed E-state index contributed by atoms with van der Waals surface area (Å²) in [7, 11) is 0. The maximum Gasteiger partial charge on any atom is 0.490 e. The van der Waals surface area contributed by atoms with Crippen molar-refractivity contribution in [2.45, 2.75) is 44.3 Å². The lowest BCUT2D eigenvalue weighted by molar-refractivity contribution is -0.193. The van der Waals surface area contributed by atoms with E-state index in [9.17, 15) is 26.3 Å². The number of aryl methyl sites for hydroxylation is 1. The fourth-order valence-electron chi connectivity index (χ4n) is 3.50. The molecule has 2 aliphatic rings. The number of anilines is 1. The minimum absolute atomic E-state index is 0.143. The number of aliphatic carboxylic acids is 2. The molecule has 2 N–H and O–H groups in total. The van der Waals surface area contributed by atoms with Crippen molar-refractivity contribution >= 4 is 29.3 Å². The first-order chi connectivity index (χ1) is 17.1. The summed E-state index contributed by atoms with van der Waals surface area (Å²) in [5.41, 5.74) is -0.143. The number of nitrogens with zero attached hydrogens (tertiary/aromatic N) is 5. The standard InChI is InChI=1S/C15H21N5O2S.2C2HF3O2/c1-12-17-18-14(22-12)20-5-2-3-15(11-20)10-19(6-7-21-15)9-13-16-4-8-23-13;2*3-2(4,5)1(6)7/h4,8H,2-3,5-7,9-11H2,1H3;2*(H,6,7). The van der Waals surface area contributed by atoms with Crippen LogP contribution in [-0.4, -0.2) is 93.0 Å². The highest BCUT2D eigenvalue weighted by Crippen LogP contribution is 2.31. The van der Waals surface area contributed by atoms with Crippen molar-refractivity contribution in [3.8, 4) is 0 Å². The largest absolute Gasteiger partial charge is 0.490 e. The monoisotopic (exact) mass is 563 g/mol. The molecule has 4 rings (SSSR count). The fourth-order valence-corrected chi connectivity index (χ4v) is 4.16. The predicted molar refractivity (Wildman–Crippen MR) is 114 cm³/mol. The van der Waals surface area contributed by atoms with Crippen LogP contribution in [-0.2, 0) is 20.9 Å². The van der Waals surface area contributed by atoms with Crippen molar-refractivity contribution in [2.24, 2.45) is 0 Å². The molecule has 0 aliphatic carbocycles. The Kier molecular flexibility index (Phi) is 10.2. The number of thiazole rings is 1. The summed E-state index contributed by atoms with van der Waals surface area (Å²) in [5, 5.41) is 25.6. The minimum Gasteiger partial charge on any atom is -0.475 e. The van der Waals surface area contributed by atoms with E-state index in [1.165, 1.54) is 5.01 Å². The minimum atomic E-state index is -5.08. The van der Waals surface area contributed by atoms with Gasteiger partial charge in [-0.05, 0) is 12.8 Å². The summed E-state index contributed by atoms with van der Waals surface area (Å²) in [6, 6.07) is 0.613. The van der Waals surface area contributed by atoms with Gasteiger partial charge < -0.3 is 24.3 Å². The summed E-state index contributed by atoms with van der Waals surface area (Å²) >= 11 is 1.71. The zero-order valence-electron chi connectivity index (χ0n) is 19.3. The van der Waals surface area contributed by atoms with E-state index in [4.69, 9.17) is 29.0 Å². The van der Waals surface area contributed by atoms with Gasteiger partial charge in [0.25, 0.3) is 0 Å². The van der Waals surface area contributed by atoms with Crippen LogP contribution in [0.15, 0.2) is 16.0 Å². The maximum absolute atomic E-state index is 10.6. The van der Waals surface area contributed by atoms with Gasteiger partial charge in [0.05, 0.1) is 25.3 Å². The number of ether oxygens (including phenoxy) is 1. The quantitative estimate of drug-likeness (QED) is 0.532. The van der Waals surface area contributed by atoms with Crippen molar-refractivity contribution in [3.05, 3.63) is 22.5 Å². The Balaban J connectivity index is 0.000000286. The molecule has 4 heterocycles. The Morgan fingerprint density at radius 3 is 2.19 bits per heavy atom. The van der Waals surface area contributed by atoms with E-state index in [-0.39, 0.29) is 5.60 Å². The smallest absolute Gasteiger partial charge is 0.475 e. The Morgan fingerprint density at radius 1 is 1.08 bits per heavy atom. The number of alkyl halides is 6. The first-order valence-electron chi connectivity index (χ1n) is 10.5. The van der Waals surface area contributed by atoms with Gasteiger partial charge >= 0.3 is 30.3 Å². The summed E-state index contributed by atoms with van der Waals surface area (Å²) in [6.07, 6.45) is -6.14. The van der Waals surface area contributed by atoms with Crippen molar-refractivity contribution < 1.29 is 55.3 Å². The van der Waals surface area contributed by atoms with Crippen molar-refractivity contribution in [3.63, 3.8) is 0 Å². The van der Waals surface area contributed by atoms with Gasteiger partial charge in [-0.15, -0.1) is 16.4 Å². The number of hydrogen-bond acceptors (Lipinski definition) is 10. The number of hydrogen-bond donors (Lipinski definition) is 2. The number of rotatable bonds is 3. The van der Waals surface area contributed by atoms with Crippen molar-refractivity contribution in [2.75, 3.05) is 37.7 Å². The van der Waals surface area contributed by atoms with Gasteiger partial charge in [0.1, 0.15) is 5.01 Å². The SMILES string of the molecule is Cc1nnc(N2CCCC3(CN(Cc4nccs4)CCO3)C2)o1.O=C(O)C(F)(F)F.O=C(O)C(F)(F)F. The first-order valence-corrected chi connectivity index (χ1v) is 11.4. The Morgan fingerprint density at radius 2 is 1.70 bits per heavy atom. The molecule has 37 heavy (non-hydrogen) atoms. The molecule has 1 spiro atoms. The van der Waals surface area contributed by atoms with Crippen LogP contribution in [0.3, 0.4) is 0 Å². The lowest BCUT2D eigenvalue weighted by atomic mass is 9.91. The third-order valence-corrected chi connectivity index (χ3v) is 5.74. The van der Waals surface area contributed by atoms with E-state index in [0.717, 1.165) is 52.2 Å². The van der Waals surface area contributed by atoms with E-state index >= 15 is 0 Å². The van der Waals surface area contributed by atoms with Crippen LogP contribution >= 0.6 is 11.3 Å². The zero-order valence-corrected chi connectivity index (χ0v) is 20.1. The normalized spacial score (nSPS) is 20.5. The molecule has 208 valence electrons. The van der Waals surface area contributed by atoms with E-state index in [1.54, 1.807) is 11.3 Å². The molecule has 2 fully saturated rings. The van der Waals surface area contributed by atoms with E-state index < -0.39 is 24.3 Å². The molecule has 2 aromatic heterocycles. The van der Waals surface area contributed by atoms with Gasteiger partial charge in [0.15, 0.2) is 0 Å². The molecule has 0 aromatic carbocycles. The molecule has 0 radical (unpaired) electrons. The molecule has 0 bridgehead atoms. The van der Waals surface area contributed by atoms with Gasteiger partial charge in [0, 0.05) is 38.1 Å². The van der Waals surface area contributed by atoms with Crippen LogP contribution in [0.2, 0.25) is 0 Å². The number of halogens is 6. The van der Waals surface area contributed by atoms with Crippen molar-refractivity contribution in [1.29, 1.82) is 0 Å². The molecular formula is C19H23F6N5O6S. The molecule has 0 saturated carbocycles. The van der Waals surface area contributed by atoms with Gasteiger partial charge in [-0.1, -0.05) is 5.10 Å². The van der Waals surface area contributed by atoms with Gasteiger partial charge in [0.2, 0.25) is 5.89 Å². The van der Waals surface area contributed by atoms with Crippen LogP contribution in [0.5, 0.6) is 0 Å². The summed E-state index contributed by atoms with van der Waals surface area (Å²) in [6.45, 7) is 7.13. The molecule has 0 amide bonds. The van der Waals surface area contributed by atoms with E-state index in [0.29, 0.717) is 11.9 Å². The first kappa shape index (κ1) is 30.2. The number of carboxylic acid groups (broad SMARTS) is 2. The highest BCUT2D eigenvalue weighted by Gasteiger charge is 2.42. The molecule has 2 aliphatic heterocycles. The second-order valence-electron chi connectivity index (χ2n) is 7.90. The number of carboxylic acids is 2. The molecule has 1 atom stereocenters. The molecule has 2 aromatic rings. The highest BCUT2D eigenvalue weighted by molar-refractivity contribution is 7.09. The lowest BCUT2D eigenvalue weighted by Crippen LogP contribution is -2.59. The Bertz CT molecular complexity index is 990. The van der Waals surface area contributed by atoms with Gasteiger partial charge in [-0.25, -0.2) is 14.6 Å². The molecule has 11 nitrogen and oxygen atoms in total. The third-order valence-electron chi connectivity index (χ3n) is 4.98. The van der Waals surface area contributed by atoms with E-state index in [1.807, 2.05) is 18.5 Å². The molecular weight excluding hydrogens is 540 g/mol. The second-order valence-corrected chi connectivity index (χ2v) is 8.88. The summed E-state index contributed by atoms with van der Waals surface area (Å²) in [5.74, 6) is -4.91. The fraction of sp³-hybridized carbons (Fsp3) is 0.632. The lowest BCUT2D eigenvalue weighted by Gasteiger charge is -2.47. The molecule has 2 saturated heterocycles. The van der Waals surface area contributed by atoms with Crippen LogP contribution < -0.4 is 4.90 Å². The summed E-state index contributed by atoms with van der Waals surface area (Å²) < 4.78 is 75.3. The topological polar surface area (TPSA) is 142 Å². The number of carbonyl (C=O) groups is 2. The van der Waals surface area contributed by atoms with E-state index in [2.05, 4.69) is 25.0 Å². The van der Waals surface area contributed by atoms with Crippen LogP contribution in [0.25, 0.3) is 0 Å². The Hall–Kier alpha value is -2.99. The van der Waals surface area contributed by atoms with Crippen LogP contribution in [0.1, 0.15) is 23.7 Å². The predicted octanol–water partition coefficient (Wildman–Crippen LogP) is 2.97. The second kappa shape index (κ2) is 12.5. The third kappa shape index (κ3) is 9.77. The maximum atomic E-state index is 10.6. The van der Waals surface area contributed by atoms with Crippen molar-refractivity contribution in [1.82, 2.24) is 20.1 Å². The van der Waals surface area contributed by atoms with Crippen LogP contribution in [0, 0.1) is 6.92 Å². The number of morpholine rings is 1. The van der Waals surface area contributed by atoms with Crippen LogP contribution in [0.4, 0.5) is 32.4 Å². The average Bonchev–Trinajstić information content (AvgIpc) is 3.45. The highest BCUT2D eigenvalue weighted by atomic mass is 32.1.